The molecule has 0 aliphatic rings. The van der Waals surface area contributed by atoms with Crippen molar-refractivity contribution in [2.45, 2.75) is 70.4 Å². The van der Waals surface area contributed by atoms with Gasteiger partial charge in [-0.05, 0) is 38.5 Å². The molecule has 0 aromatic rings. The van der Waals surface area contributed by atoms with Crippen molar-refractivity contribution in [1.82, 2.24) is 0 Å². The maximum Gasteiger partial charge on any atom is 0.242 e. The second-order valence-electron chi connectivity index (χ2n) is 6.05. The largest absolute Gasteiger partial charge is 0.386 e. The van der Waals surface area contributed by atoms with Crippen LogP contribution in [-0.2, 0) is 4.79 Å². The Hall–Kier alpha value is -2.27. The molecule has 5 nitrogen and oxygen atoms in total. The summed E-state index contributed by atoms with van der Waals surface area (Å²) in [4.78, 5) is 20.8. The van der Waals surface area contributed by atoms with E-state index in [1.165, 1.54) is 0 Å². The molecule has 0 fully saturated rings. The van der Waals surface area contributed by atoms with E-state index in [1.54, 1.807) is 12.2 Å². The summed E-state index contributed by atoms with van der Waals surface area (Å²) in [5, 5.41) is 21.2. The van der Waals surface area contributed by atoms with Crippen molar-refractivity contribution in [3.05, 3.63) is 70.9 Å². The minimum absolute atomic E-state index is 0.196. The maximum atomic E-state index is 11.2. The molecule has 5 heteroatoms. The average molecular weight is 375 g/mol. The summed E-state index contributed by atoms with van der Waals surface area (Å²) in [6.07, 6.45) is 25.1. The molecule has 0 amide bonds. The molecule has 0 aromatic carbocycles. The summed E-state index contributed by atoms with van der Waals surface area (Å²) in [5.74, 6) is 0. The molecule has 1 N–H and O–H groups in total. The predicted octanol–water partition coefficient (Wildman–Crippen LogP) is 5.02. The number of nitro groups is 1. The van der Waals surface area contributed by atoms with Crippen LogP contribution in [0, 0.1) is 10.1 Å². The van der Waals surface area contributed by atoms with Gasteiger partial charge in [-0.15, -0.1) is 0 Å². The second kappa shape index (κ2) is 18.5. The summed E-state index contributed by atoms with van der Waals surface area (Å²) < 4.78 is 0. The Morgan fingerprint density at radius 2 is 1.41 bits per heavy atom. The molecular formula is C22H32NO4. The molecule has 149 valence electrons. The first-order valence-electron chi connectivity index (χ1n) is 9.55. The zero-order valence-corrected chi connectivity index (χ0v) is 16.2. The van der Waals surface area contributed by atoms with Crippen LogP contribution < -0.4 is 0 Å². The van der Waals surface area contributed by atoms with Crippen LogP contribution in [0.5, 0.6) is 0 Å². The van der Waals surface area contributed by atoms with E-state index in [2.05, 4.69) is 25.2 Å². The van der Waals surface area contributed by atoms with Crippen molar-refractivity contribution in [3.8, 4) is 0 Å². The van der Waals surface area contributed by atoms with Crippen molar-refractivity contribution in [2.24, 2.45) is 0 Å². The molecule has 0 aliphatic heterocycles. The van der Waals surface area contributed by atoms with Gasteiger partial charge in [0.15, 0.2) is 6.29 Å². The summed E-state index contributed by atoms with van der Waals surface area (Å²) in [6, 6.07) is -1.01. The quantitative estimate of drug-likeness (QED) is 0.178. The van der Waals surface area contributed by atoms with Crippen molar-refractivity contribution < 1.29 is 14.8 Å². The number of hydrogen-bond donors (Lipinski definition) is 1. The molecule has 2 atom stereocenters. The molecular weight excluding hydrogens is 342 g/mol. The Morgan fingerprint density at radius 1 is 0.889 bits per heavy atom. The average Bonchev–Trinajstić information content (AvgIpc) is 2.65. The van der Waals surface area contributed by atoms with Gasteiger partial charge in [0.2, 0.25) is 6.04 Å². The lowest BCUT2D eigenvalue weighted by molar-refractivity contribution is -0.533. The van der Waals surface area contributed by atoms with Crippen molar-refractivity contribution in [1.29, 1.82) is 0 Å². The molecule has 0 aliphatic carbocycles. The van der Waals surface area contributed by atoms with E-state index >= 15 is 0 Å². The number of hydrogen-bond acceptors (Lipinski definition) is 4. The molecule has 2 unspecified atom stereocenters. The van der Waals surface area contributed by atoms with Gasteiger partial charge in [-0.2, -0.15) is 0 Å². The highest BCUT2D eigenvalue weighted by Crippen LogP contribution is 2.10. The molecule has 0 saturated heterocycles. The van der Waals surface area contributed by atoms with Crippen LogP contribution in [-0.4, -0.2) is 28.5 Å². The Morgan fingerprint density at radius 3 is 1.96 bits per heavy atom. The third-order valence-corrected chi connectivity index (χ3v) is 3.77. The fraction of sp³-hybridized carbons (Fsp3) is 0.500. The number of carbonyl (C=O) groups excluding carboxylic acids is 1. The monoisotopic (exact) mass is 374 g/mol. The van der Waals surface area contributed by atoms with Gasteiger partial charge < -0.3 is 5.11 Å². The first-order chi connectivity index (χ1) is 13.1. The third kappa shape index (κ3) is 15.7. The lowest BCUT2D eigenvalue weighted by Gasteiger charge is -2.12. The van der Waals surface area contributed by atoms with Gasteiger partial charge in [-0.3, -0.25) is 14.9 Å². The van der Waals surface area contributed by atoms with Crippen LogP contribution in [0.1, 0.15) is 58.3 Å². The molecule has 0 saturated carbocycles. The molecule has 0 heterocycles. The predicted molar refractivity (Wildman–Crippen MR) is 111 cm³/mol. The molecule has 1 radical (unpaired) electrons. The van der Waals surface area contributed by atoms with Gasteiger partial charge in [-0.1, -0.05) is 67.7 Å². The summed E-state index contributed by atoms with van der Waals surface area (Å²) in [7, 11) is 0. The zero-order valence-electron chi connectivity index (χ0n) is 16.2. The topological polar surface area (TPSA) is 80.4 Å². The lowest BCUT2D eigenvalue weighted by atomic mass is 10.0. The van der Waals surface area contributed by atoms with E-state index in [4.69, 9.17) is 0 Å². The number of aliphatic hydroxyl groups is 1. The van der Waals surface area contributed by atoms with Crippen LogP contribution in [0.2, 0.25) is 0 Å². The summed E-state index contributed by atoms with van der Waals surface area (Å²) in [5.41, 5.74) is 0. The SMILES string of the molecule is CC/C=C\C/C=C\C/C=C\CC(O)C(C/C=C\C/C=C\CC[C]=O)[N+](=O)[O-]. The van der Waals surface area contributed by atoms with E-state index in [1.807, 2.05) is 36.7 Å². The van der Waals surface area contributed by atoms with Gasteiger partial charge in [0.25, 0.3) is 0 Å². The first-order valence-corrected chi connectivity index (χ1v) is 9.55. The normalized spacial score (nSPS) is 14.9. The van der Waals surface area contributed by atoms with E-state index in [9.17, 15) is 20.0 Å². The van der Waals surface area contributed by atoms with Gasteiger partial charge in [0, 0.05) is 17.8 Å². The Bertz CT molecular complexity index is 532. The molecule has 0 spiro atoms. The number of nitrogens with zero attached hydrogens (tertiary/aromatic N) is 1. The van der Waals surface area contributed by atoms with Crippen molar-refractivity contribution in [3.63, 3.8) is 0 Å². The lowest BCUT2D eigenvalue weighted by Crippen LogP contribution is -2.32. The molecule has 0 aromatic heterocycles. The number of allylic oxidation sites excluding steroid dienone is 8. The highest BCUT2D eigenvalue weighted by Gasteiger charge is 2.27. The second-order valence-corrected chi connectivity index (χ2v) is 6.05. The van der Waals surface area contributed by atoms with Gasteiger partial charge in [-0.25, -0.2) is 0 Å². The summed E-state index contributed by atoms with van der Waals surface area (Å²) in [6.45, 7) is 2.09. The maximum absolute atomic E-state index is 11.2. The van der Waals surface area contributed by atoms with Crippen molar-refractivity contribution >= 4 is 6.29 Å². The Labute approximate surface area is 163 Å². The number of rotatable bonds is 16. The standard InChI is InChI=1S/C22H32NO4/c1-2-3-4-5-6-7-10-13-16-19-22(25)21(23(26)27)18-15-12-9-8-11-14-17-20-24/h3-4,6-8,11-13,15-16,21-22,25H,2,5,9-10,14,17-19H2,1H3/b4-3-,7-6-,11-8-,15-12-,16-13-. The van der Waals surface area contributed by atoms with E-state index < -0.39 is 17.1 Å². The van der Waals surface area contributed by atoms with E-state index in [0.29, 0.717) is 19.3 Å². The third-order valence-electron chi connectivity index (χ3n) is 3.77. The molecule has 0 rings (SSSR count). The van der Waals surface area contributed by atoms with Crippen LogP contribution >= 0.6 is 0 Å². The Balaban J connectivity index is 4.16. The molecule has 27 heavy (non-hydrogen) atoms. The minimum atomic E-state index is -1.01. The molecule has 0 bridgehead atoms. The van der Waals surface area contributed by atoms with Gasteiger partial charge in [0.1, 0.15) is 6.10 Å². The minimum Gasteiger partial charge on any atom is -0.386 e. The number of aliphatic hydroxyl groups excluding tert-OH is 1. The van der Waals surface area contributed by atoms with Crippen molar-refractivity contribution in [2.75, 3.05) is 0 Å². The zero-order chi connectivity index (χ0) is 20.2. The van der Waals surface area contributed by atoms with E-state index in [-0.39, 0.29) is 12.8 Å². The number of unbranched alkanes of at least 4 members (excludes halogenated alkanes) is 1. The highest BCUT2D eigenvalue weighted by atomic mass is 16.6. The van der Waals surface area contributed by atoms with Crippen LogP contribution in [0.25, 0.3) is 0 Å². The fourth-order valence-electron chi connectivity index (χ4n) is 2.25. The van der Waals surface area contributed by atoms with E-state index in [0.717, 1.165) is 19.3 Å². The first kappa shape index (κ1) is 24.7. The fourth-order valence-corrected chi connectivity index (χ4v) is 2.25. The van der Waals surface area contributed by atoms with Gasteiger partial charge >= 0.3 is 0 Å². The highest BCUT2D eigenvalue weighted by molar-refractivity contribution is 5.50. The van der Waals surface area contributed by atoms with Crippen LogP contribution in [0.4, 0.5) is 0 Å². The van der Waals surface area contributed by atoms with Crippen LogP contribution in [0.3, 0.4) is 0 Å². The smallest absolute Gasteiger partial charge is 0.242 e. The Kier molecular flexibility index (Phi) is 17.0. The van der Waals surface area contributed by atoms with Crippen LogP contribution in [0.15, 0.2) is 60.8 Å². The summed E-state index contributed by atoms with van der Waals surface area (Å²) >= 11 is 0. The van der Waals surface area contributed by atoms with Gasteiger partial charge in [0.05, 0.1) is 0 Å².